The van der Waals surface area contributed by atoms with E-state index in [-0.39, 0.29) is 5.91 Å². The van der Waals surface area contributed by atoms with E-state index >= 15 is 0 Å². The van der Waals surface area contributed by atoms with E-state index in [9.17, 15) is 14.4 Å². The Balaban J connectivity index is 1.35. The van der Waals surface area contributed by atoms with Crippen LogP contribution in [-0.2, 0) is 16.2 Å². The number of ether oxygens (including phenoxy) is 1. The van der Waals surface area contributed by atoms with Crippen molar-refractivity contribution >= 4 is 29.3 Å². The van der Waals surface area contributed by atoms with Crippen molar-refractivity contribution in [3.8, 4) is 5.75 Å². The zero-order valence-electron chi connectivity index (χ0n) is 19.1. The molecule has 35 heavy (non-hydrogen) atoms. The second-order valence-corrected chi connectivity index (χ2v) is 8.68. The fourth-order valence-corrected chi connectivity index (χ4v) is 4.04. The van der Waals surface area contributed by atoms with Crippen LogP contribution in [0.1, 0.15) is 46.8 Å². The zero-order valence-corrected chi connectivity index (χ0v) is 19.8. The first kappa shape index (κ1) is 24.3. The smallest absolute Gasteiger partial charge is 0.269 e. The van der Waals surface area contributed by atoms with Gasteiger partial charge in [-0.15, -0.1) is 0 Å². The highest BCUT2D eigenvalue weighted by Crippen LogP contribution is 2.25. The van der Waals surface area contributed by atoms with E-state index in [0.717, 1.165) is 18.4 Å². The van der Waals surface area contributed by atoms with Crippen molar-refractivity contribution in [2.45, 2.75) is 31.9 Å². The number of carbonyl (C=O) groups is 3. The molecule has 0 aliphatic carbocycles. The molecule has 1 heterocycles. The molecule has 0 spiro atoms. The van der Waals surface area contributed by atoms with Crippen molar-refractivity contribution in [1.82, 2.24) is 15.8 Å². The first-order chi connectivity index (χ1) is 17.0. The van der Waals surface area contributed by atoms with E-state index in [1.165, 1.54) is 0 Å². The van der Waals surface area contributed by atoms with Gasteiger partial charge in [-0.25, -0.2) is 0 Å². The predicted octanol–water partition coefficient (Wildman–Crippen LogP) is 4.43. The fraction of sp³-hybridized carbons (Fsp3) is 0.222. The molecule has 1 atom stereocenters. The predicted molar refractivity (Wildman–Crippen MR) is 133 cm³/mol. The first-order valence-corrected chi connectivity index (χ1v) is 11.8. The number of hydrogen-bond acceptors (Lipinski definition) is 4. The van der Waals surface area contributed by atoms with Crippen LogP contribution in [0, 0.1) is 0 Å². The molecule has 3 aromatic rings. The number of rotatable bonds is 7. The van der Waals surface area contributed by atoms with E-state index < -0.39 is 17.9 Å². The number of likely N-dealkylation sites (tertiary alicyclic amines) is 1. The number of hydrogen-bond donors (Lipinski definition) is 2. The molecular formula is C27H26ClN3O4. The van der Waals surface area contributed by atoms with Gasteiger partial charge >= 0.3 is 0 Å². The summed E-state index contributed by atoms with van der Waals surface area (Å²) in [6, 6.07) is 22.2. The van der Waals surface area contributed by atoms with Crippen molar-refractivity contribution in [3.63, 3.8) is 0 Å². The van der Waals surface area contributed by atoms with Gasteiger partial charge in [-0.1, -0.05) is 54.1 Å². The number of nitrogens with zero attached hydrogens (tertiary/aromatic N) is 1. The lowest BCUT2D eigenvalue weighted by atomic mass is 10.0. The summed E-state index contributed by atoms with van der Waals surface area (Å²) in [5, 5.41) is 0.637. The van der Waals surface area contributed by atoms with Crippen molar-refractivity contribution in [1.29, 1.82) is 0 Å². The van der Waals surface area contributed by atoms with Crippen LogP contribution in [0.2, 0.25) is 5.02 Å². The standard InChI is InChI=1S/C27H26ClN3O4/c28-22-13-15-23(16-14-22)35-18-19-9-11-21(12-10-19)26(33)29-30-27(34)25(20-6-2-1-3-7-20)31-17-5-4-8-24(31)32/h1-3,6-7,9-16,25H,4-5,8,17-18H2,(H,29,33)(H,30,34). The molecule has 3 amide bonds. The second-order valence-electron chi connectivity index (χ2n) is 8.24. The van der Waals surface area contributed by atoms with Gasteiger partial charge in [0, 0.05) is 23.6 Å². The molecule has 1 aliphatic heterocycles. The Labute approximate surface area is 209 Å². The number of hydrazine groups is 1. The summed E-state index contributed by atoms with van der Waals surface area (Å²) in [5.41, 5.74) is 6.92. The number of nitrogens with one attached hydrogen (secondary N) is 2. The molecule has 0 saturated carbocycles. The Bertz CT molecular complexity index is 1170. The highest BCUT2D eigenvalue weighted by molar-refractivity contribution is 6.30. The van der Waals surface area contributed by atoms with Crippen LogP contribution in [-0.4, -0.2) is 29.2 Å². The molecule has 4 rings (SSSR count). The minimum absolute atomic E-state index is 0.0667. The van der Waals surface area contributed by atoms with E-state index in [2.05, 4.69) is 10.9 Å². The molecule has 1 saturated heterocycles. The summed E-state index contributed by atoms with van der Waals surface area (Å²) < 4.78 is 5.71. The SMILES string of the molecule is O=C(NNC(=O)C(c1ccccc1)N1CCCCC1=O)c1ccc(COc2ccc(Cl)cc2)cc1. The van der Waals surface area contributed by atoms with E-state index in [1.807, 2.05) is 18.2 Å². The molecule has 1 unspecified atom stereocenters. The maximum Gasteiger partial charge on any atom is 0.269 e. The van der Waals surface area contributed by atoms with Crippen LogP contribution in [0.5, 0.6) is 5.75 Å². The third kappa shape index (κ3) is 6.39. The number of halogens is 1. The van der Waals surface area contributed by atoms with Crippen LogP contribution in [0.25, 0.3) is 0 Å². The number of carbonyl (C=O) groups excluding carboxylic acids is 3. The van der Waals surface area contributed by atoms with E-state index in [4.69, 9.17) is 16.3 Å². The van der Waals surface area contributed by atoms with Crippen LogP contribution in [0.15, 0.2) is 78.9 Å². The number of benzene rings is 3. The van der Waals surface area contributed by atoms with Crippen molar-refractivity contribution in [3.05, 3.63) is 101 Å². The molecule has 0 bridgehead atoms. The summed E-state index contributed by atoms with van der Waals surface area (Å²) in [6.45, 7) is 0.836. The molecule has 0 radical (unpaired) electrons. The first-order valence-electron chi connectivity index (χ1n) is 11.4. The van der Waals surface area contributed by atoms with Gasteiger partial charge in [0.15, 0.2) is 0 Å². The van der Waals surface area contributed by atoms with Crippen LogP contribution >= 0.6 is 11.6 Å². The molecule has 8 heteroatoms. The van der Waals surface area contributed by atoms with E-state index in [0.29, 0.717) is 41.5 Å². The maximum absolute atomic E-state index is 13.1. The maximum atomic E-state index is 13.1. The van der Waals surface area contributed by atoms with Gasteiger partial charge in [0.2, 0.25) is 5.91 Å². The number of amides is 3. The quantitative estimate of drug-likeness (QED) is 0.478. The van der Waals surface area contributed by atoms with Crippen molar-refractivity contribution in [2.75, 3.05) is 6.54 Å². The van der Waals surface area contributed by atoms with E-state index in [1.54, 1.807) is 65.6 Å². The van der Waals surface area contributed by atoms with Crippen LogP contribution in [0.4, 0.5) is 0 Å². The highest BCUT2D eigenvalue weighted by atomic mass is 35.5. The molecule has 2 N–H and O–H groups in total. The zero-order chi connectivity index (χ0) is 24.6. The molecule has 0 aromatic heterocycles. The Morgan fingerprint density at radius 1 is 0.914 bits per heavy atom. The van der Waals surface area contributed by atoms with Gasteiger partial charge in [0.25, 0.3) is 11.8 Å². The summed E-state index contributed by atoms with van der Waals surface area (Å²) in [5.74, 6) is -0.296. The normalized spacial score (nSPS) is 14.2. The average Bonchev–Trinajstić information content (AvgIpc) is 2.89. The minimum atomic E-state index is -0.809. The molecule has 1 aliphatic rings. The lowest BCUT2D eigenvalue weighted by Crippen LogP contribution is -2.50. The fourth-order valence-electron chi connectivity index (χ4n) is 3.92. The highest BCUT2D eigenvalue weighted by Gasteiger charge is 2.32. The minimum Gasteiger partial charge on any atom is -0.489 e. The van der Waals surface area contributed by atoms with Gasteiger partial charge < -0.3 is 9.64 Å². The van der Waals surface area contributed by atoms with Crippen LogP contribution in [0.3, 0.4) is 0 Å². The van der Waals surface area contributed by atoms with Gasteiger partial charge in [0.05, 0.1) is 0 Å². The van der Waals surface area contributed by atoms with Gasteiger partial charge in [-0.05, 0) is 60.4 Å². The molecule has 1 fully saturated rings. The second kappa shape index (κ2) is 11.5. The molecular weight excluding hydrogens is 466 g/mol. The summed E-state index contributed by atoms with van der Waals surface area (Å²) in [6.07, 6.45) is 2.07. The molecule has 7 nitrogen and oxygen atoms in total. The van der Waals surface area contributed by atoms with Gasteiger partial charge in [-0.2, -0.15) is 0 Å². The monoisotopic (exact) mass is 491 g/mol. The molecule has 180 valence electrons. The van der Waals surface area contributed by atoms with Crippen molar-refractivity contribution in [2.24, 2.45) is 0 Å². The summed E-state index contributed by atoms with van der Waals surface area (Å²) in [4.78, 5) is 39.8. The largest absolute Gasteiger partial charge is 0.489 e. The topological polar surface area (TPSA) is 87.7 Å². The Kier molecular flexibility index (Phi) is 8.00. The van der Waals surface area contributed by atoms with Gasteiger partial charge in [-0.3, -0.25) is 25.2 Å². The Hall–Kier alpha value is -3.84. The third-order valence-electron chi connectivity index (χ3n) is 5.77. The van der Waals surface area contributed by atoms with Crippen molar-refractivity contribution < 1.29 is 19.1 Å². The third-order valence-corrected chi connectivity index (χ3v) is 6.02. The Morgan fingerprint density at radius 3 is 2.31 bits per heavy atom. The lowest BCUT2D eigenvalue weighted by Gasteiger charge is -2.34. The summed E-state index contributed by atoms with van der Waals surface area (Å²) in [7, 11) is 0. The van der Waals surface area contributed by atoms with Gasteiger partial charge in [0.1, 0.15) is 18.4 Å². The Morgan fingerprint density at radius 2 is 1.63 bits per heavy atom. The van der Waals surface area contributed by atoms with Crippen LogP contribution < -0.4 is 15.6 Å². The summed E-state index contributed by atoms with van der Waals surface area (Å²) >= 11 is 5.88. The molecule has 3 aromatic carbocycles. The number of piperidine rings is 1. The lowest BCUT2D eigenvalue weighted by molar-refractivity contribution is -0.143. The average molecular weight is 492 g/mol.